The minimum Gasteiger partial charge on any atom is -0.491 e. The first kappa shape index (κ1) is 29.8. The molecule has 226 valence electrons. The third-order valence-electron chi connectivity index (χ3n) is 8.91. The van der Waals surface area contributed by atoms with Gasteiger partial charge in [-0.1, -0.05) is 24.6 Å². The van der Waals surface area contributed by atoms with Crippen LogP contribution in [0.15, 0.2) is 48.7 Å². The second-order valence-electron chi connectivity index (χ2n) is 11.8. The first-order chi connectivity index (χ1) is 20.4. The van der Waals surface area contributed by atoms with Crippen LogP contribution in [0.4, 0.5) is 5.82 Å². The van der Waals surface area contributed by atoms with Crippen LogP contribution in [0.2, 0.25) is 0 Å². The van der Waals surface area contributed by atoms with Gasteiger partial charge in [0.05, 0.1) is 17.0 Å². The lowest BCUT2D eigenvalue weighted by Crippen LogP contribution is -2.53. The molecule has 3 amide bonds. The number of carbonyl (C=O) groups excluding carboxylic acids is 3. The molecule has 1 aromatic heterocycles. The molecule has 10 heteroatoms. The molecule has 3 aliphatic heterocycles. The summed E-state index contributed by atoms with van der Waals surface area (Å²) >= 11 is 0. The van der Waals surface area contributed by atoms with Gasteiger partial charge in [0.15, 0.2) is 0 Å². The normalized spacial score (nSPS) is 22.4. The Kier molecular flexibility index (Phi) is 9.94. The van der Waals surface area contributed by atoms with Gasteiger partial charge in [-0.2, -0.15) is 0 Å². The molecule has 42 heavy (non-hydrogen) atoms. The van der Waals surface area contributed by atoms with Crippen LogP contribution in [-0.2, 0) is 9.59 Å². The van der Waals surface area contributed by atoms with E-state index in [9.17, 15) is 14.4 Å². The van der Waals surface area contributed by atoms with Crippen molar-refractivity contribution in [3.05, 3.63) is 54.2 Å². The molecule has 1 aromatic carbocycles. The number of nitrogens with one attached hydrogen (secondary N) is 2. The van der Waals surface area contributed by atoms with Crippen molar-refractivity contribution in [1.29, 1.82) is 0 Å². The summed E-state index contributed by atoms with van der Waals surface area (Å²) in [6, 6.07) is 13.0. The molecule has 5 rings (SSSR count). The topological polar surface area (TPSA) is 107 Å². The average molecular weight is 577 g/mol. The zero-order valence-electron chi connectivity index (χ0n) is 24.7. The van der Waals surface area contributed by atoms with Gasteiger partial charge >= 0.3 is 0 Å². The molecule has 2 N–H and O–H groups in total. The molecule has 0 saturated carbocycles. The summed E-state index contributed by atoms with van der Waals surface area (Å²) in [5.74, 6) is 1.60. The van der Waals surface area contributed by atoms with E-state index >= 15 is 0 Å². The van der Waals surface area contributed by atoms with Crippen LogP contribution in [0.3, 0.4) is 0 Å². The van der Waals surface area contributed by atoms with Gasteiger partial charge < -0.3 is 25.2 Å². The predicted molar refractivity (Wildman–Crippen MR) is 161 cm³/mol. The summed E-state index contributed by atoms with van der Waals surface area (Å²) in [5.41, 5.74) is -0.00728. The maximum Gasteiger partial charge on any atom is 0.255 e. The summed E-state index contributed by atoms with van der Waals surface area (Å²) in [5, 5.41) is 6.18. The van der Waals surface area contributed by atoms with Crippen molar-refractivity contribution in [2.45, 2.75) is 51.5 Å². The molecule has 2 fully saturated rings. The number of hydrogen-bond acceptors (Lipinski definition) is 7. The Morgan fingerprint density at radius 1 is 0.976 bits per heavy atom. The van der Waals surface area contributed by atoms with Crippen LogP contribution in [-0.4, -0.2) is 97.5 Å². The third kappa shape index (κ3) is 7.40. The Morgan fingerprint density at radius 2 is 1.74 bits per heavy atom. The van der Waals surface area contributed by atoms with Gasteiger partial charge in [-0.05, 0) is 56.9 Å². The number of likely N-dealkylation sites (tertiary alicyclic amines) is 1. The first-order valence-corrected chi connectivity index (χ1v) is 15.4. The van der Waals surface area contributed by atoms with Gasteiger partial charge in [-0.3, -0.25) is 19.3 Å². The molecule has 0 radical (unpaired) electrons. The molecule has 4 heterocycles. The number of nitrogens with zero attached hydrogens (tertiary/aromatic N) is 4. The molecule has 10 nitrogen and oxygen atoms in total. The number of ether oxygens (including phenoxy) is 1. The minimum atomic E-state index is -0.515. The predicted octanol–water partition coefficient (Wildman–Crippen LogP) is 2.70. The number of anilines is 1. The lowest BCUT2D eigenvalue weighted by Gasteiger charge is -2.42. The van der Waals surface area contributed by atoms with Crippen LogP contribution < -0.4 is 20.3 Å². The Labute approximate surface area is 248 Å². The van der Waals surface area contributed by atoms with E-state index in [2.05, 4.69) is 25.4 Å². The van der Waals surface area contributed by atoms with Crippen LogP contribution in [0.1, 0.15) is 55.8 Å². The van der Waals surface area contributed by atoms with E-state index in [0.29, 0.717) is 50.2 Å². The lowest BCUT2D eigenvalue weighted by atomic mass is 9.73. The Hall–Kier alpha value is -3.66. The highest BCUT2D eigenvalue weighted by atomic mass is 16.5. The molecule has 1 atom stereocenters. The number of carbonyl (C=O) groups is 3. The zero-order valence-corrected chi connectivity index (χ0v) is 24.7. The van der Waals surface area contributed by atoms with Gasteiger partial charge in [0.2, 0.25) is 11.8 Å². The number of rotatable bonds is 4. The van der Waals surface area contributed by atoms with Crippen molar-refractivity contribution in [2.24, 2.45) is 5.41 Å². The van der Waals surface area contributed by atoms with Crippen LogP contribution >= 0.6 is 0 Å². The number of pyridine rings is 1. The average Bonchev–Trinajstić information content (AvgIpc) is 3.03. The monoisotopic (exact) mass is 576 g/mol. The van der Waals surface area contributed by atoms with Gasteiger partial charge in [0.1, 0.15) is 18.2 Å². The Balaban J connectivity index is 1.12. The second kappa shape index (κ2) is 14.0. The smallest absolute Gasteiger partial charge is 0.255 e. The highest BCUT2D eigenvalue weighted by Gasteiger charge is 2.42. The van der Waals surface area contributed by atoms with Crippen molar-refractivity contribution in [1.82, 2.24) is 25.4 Å². The fraction of sp³-hybridized carbons (Fsp3) is 0.562. The molecule has 3 aliphatic rings. The van der Waals surface area contributed by atoms with Crippen LogP contribution in [0, 0.1) is 5.41 Å². The van der Waals surface area contributed by atoms with Gasteiger partial charge in [-0.25, -0.2) is 4.98 Å². The number of para-hydroxylation sites is 1. The fourth-order valence-corrected chi connectivity index (χ4v) is 6.23. The Bertz CT molecular complexity index is 1210. The van der Waals surface area contributed by atoms with Crippen molar-refractivity contribution < 1.29 is 19.1 Å². The number of amides is 3. The number of hydrogen-bond donors (Lipinski definition) is 2. The molecule has 0 bridgehead atoms. The van der Waals surface area contributed by atoms with E-state index in [1.807, 2.05) is 48.4 Å². The van der Waals surface area contributed by atoms with E-state index < -0.39 is 5.41 Å². The van der Waals surface area contributed by atoms with Gasteiger partial charge in [0.25, 0.3) is 5.91 Å². The number of benzene rings is 1. The molecule has 0 aliphatic carbocycles. The van der Waals surface area contributed by atoms with Crippen molar-refractivity contribution in [2.75, 3.05) is 63.9 Å². The van der Waals surface area contributed by atoms with Crippen molar-refractivity contribution in [3.63, 3.8) is 0 Å². The van der Waals surface area contributed by atoms with E-state index in [1.54, 1.807) is 12.1 Å². The fourth-order valence-electron chi connectivity index (χ4n) is 6.23. The molecular formula is C32H44N6O4. The summed E-state index contributed by atoms with van der Waals surface area (Å²) in [6.07, 6.45) is 5.98. The standard InChI is InChI=1S/C32H44N6O4/c1-25-24-42-27-9-3-2-8-26(27)30(40)34-16-7-5-12-32(31(41)35-25)13-18-38(19-14-32)29(39)11-17-36-20-22-37(23-21-36)28-10-4-6-15-33-28/h2-4,6,8-10,15,25H,5,7,11-14,16-24H2,1H3,(H,34,40)(H,35,41)/t25-/m1/s1. The highest BCUT2D eigenvalue weighted by Crippen LogP contribution is 2.37. The highest BCUT2D eigenvalue weighted by molar-refractivity contribution is 5.96. The van der Waals surface area contributed by atoms with Crippen LogP contribution in [0.5, 0.6) is 5.75 Å². The molecule has 1 spiro atoms. The number of piperazine rings is 1. The third-order valence-corrected chi connectivity index (χ3v) is 8.91. The molecule has 2 aromatic rings. The molecular weight excluding hydrogens is 532 g/mol. The summed E-state index contributed by atoms with van der Waals surface area (Å²) in [7, 11) is 0. The van der Waals surface area contributed by atoms with Gasteiger partial charge in [0, 0.05) is 65.0 Å². The van der Waals surface area contributed by atoms with E-state index in [4.69, 9.17) is 4.74 Å². The number of fused-ring (bicyclic) bond motifs is 1. The summed E-state index contributed by atoms with van der Waals surface area (Å²) in [4.78, 5) is 50.6. The van der Waals surface area contributed by atoms with Crippen molar-refractivity contribution in [3.8, 4) is 5.75 Å². The SMILES string of the molecule is C[C@@H]1COc2ccccc2C(=O)NCCCCC2(CCN(C(=O)CCN3CCN(c4ccccn4)CC3)CC2)C(=O)N1. The minimum absolute atomic E-state index is 0.0471. The maximum atomic E-state index is 13.7. The van der Waals surface area contributed by atoms with Gasteiger partial charge in [-0.15, -0.1) is 0 Å². The quantitative estimate of drug-likeness (QED) is 0.577. The number of piperidine rings is 1. The van der Waals surface area contributed by atoms with Crippen molar-refractivity contribution >= 4 is 23.5 Å². The van der Waals surface area contributed by atoms with E-state index in [-0.39, 0.29) is 30.4 Å². The Morgan fingerprint density at radius 3 is 2.50 bits per heavy atom. The second-order valence-corrected chi connectivity index (χ2v) is 11.8. The van der Waals surface area contributed by atoms with E-state index in [0.717, 1.165) is 57.8 Å². The lowest BCUT2D eigenvalue weighted by molar-refractivity contribution is -0.141. The molecule has 0 unspecified atom stereocenters. The summed E-state index contributed by atoms with van der Waals surface area (Å²) < 4.78 is 5.95. The maximum absolute atomic E-state index is 13.7. The molecule has 2 saturated heterocycles. The zero-order chi connectivity index (χ0) is 29.4. The first-order valence-electron chi connectivity index (χ1n) is 15.4. The summed E-state index contributed by atoms with van der Waals surface area (Å²) in [6.45, 7) is 8.33. The largest absolute Gasteiger partial charge is 0.491 e. The van der Waals surface area contributed by atoms with Crippen LogP contribution in [0.25, 0.3) is 0 Å². The van der Waals surface area contributed by atoms with E-state index in [1.165, 1.54) is 0 Å². The number of aromatic nitrogens is 1.